The Kier molecular flexibility index (Phi) is 6.43. The van der Waals surface area contributed by atoms with Crippen LogP contribution in [0.3, 0.4) is 0 Å². The molecule has 1 heterocycles. The molecule has 29 heavy (non-hydrogen) atoms. The van der Waals surface area contributed by atoms with Crippen molar-refractivity contribution in [1.82, 2.24) is 4.90 Å². The smallest absolute Gasteiger partial charge is 0.260 e. The van der Waals surface area contributed by atoms with Gasteiger partial charge >= 0.3 is 0 Å². The second-order valence-corrected chi connectivity index (χ2v) is 7.27. The molecule has 0 radical (unpaired) electrons. The van der Waals surface area contributed by atoms with Crippen molar-refractivity contribution in [2.24, 2.45) is 0 Å². The Morgan fingerprint density at radius 2 is 1.59 bits per heavy atom. The van der Waals surface area contributed by atoms with E-state index in [1.165, 1.54) is 4.90 Å². The molecule has 2 aromatic rings. The van der Waals surface area contributed by atoms with Gasteiger partial charge in [-0.15, -0.1) is 0 Å². The highest BCUT2D eigenvalue weighted by atomic mass is 35.5. The normalized spacial score (nSPS) is 14.3. The number of carbonyl (C=O) groups excluding carboxylic acids is 1. The number of nitrogens with zero attached hydrogens (tertiary/aromatic N) is 2. The molecule has 0 atom stereocenters. The van der Waals surface area contributed by atoms with Crippen LogP contribution < -0.4 is 9.64 Å². The Bertz CT molecular complexity index is 921. The lowest BCUT2D eigenvalue weighted by atomic mass is 10.2. The molecule has 1 saturated heterocycles. The molecule has 1 fully saturated rings. The molecule has 2 aromatic carbocycles. The van der Waals surface area contributed by atoms with E-state index >= 15 is 0 Å². The van der Waals surface area contributed by atoms with Crippen molar-refractivity contribution in [3.63, 3.8) is 0 Å². The first-order valence-corrected chi connectivity index (χ1v) is 9.39. The van der Waals surface area contributed by atoms with Gasteiger partial charge in [0, 0.05) is 31.2 Å². The van der Waals surface area contributed by atoms with Crippen LogP contribution in [0.25, 0.3) is 0 Å². The molecule has 10 heteroatoms. The van der Waals surface area contributed by atoms with E-state index in [0.29, 0.717) is 10.8 Å². The van der Waals surface area contributed by atoms with E-state index in [1.807, 2.05) is 0 Å². The van der Waals surface area contributed by atoms with Gasteiger partial charge in [-0.2, -0.15) is 0 Å². The largest absolute Gasteiger partial charge is 0.484 e. The van der Waals surface area contributed by atoms with Crippen LogP contribution in [0, 0.1) is 30.2 Å². The van der Waals surface area contributed by atoms with Crippen LogP contribution in [0.15, 0.2) is 18.2 Å². The average molecular weight is 451 g/mol. The lowest BCUT2D eigenvalue weighted by molar-refractivity contribution is -0.133. The maximum atomic E-state index is 14.1. The van der Waals surface area contributed by atoms with Crippen molar-refractivity contribution in [3.05, 3.63) is 57.1 Å². The number of carbonyl (C=O) groups is 1. The summed E-state index contributed by atoms with van der Waals surface area (Å²) >= 11 is 11.2. The molecule has 156 valence electrons. The number of benzene rings is 2. The Hall–Kier alpha value is -2.19. The highest BCUT2D eigenvalue weighted by molar-refractivity contribution is 6.31. The molecule has 4 nitrogen and oxygen atoms in total. The standard InChI is InChI=1S/C19H16Cl2F4N2O2/c1-10-8-11(2-3-12(10)20)29-9-13(28)26-4-6-27(7-5-26)19-17(24)15(22)14(21)16(23)18(19)25/h2-3,8H,4-7,9H2,1H3. The number of rotatable bonds is 4. The average Bonchev–Trinajstić information content (AvgIpc) is 2.72. The quantitative estimate of drug-likeness (QED) is 0.388. The van der Waals surface area contributed by atoms with Crippen LogP contribution in [0.5, 0.6) is 5.75 Å². The van der Waals surface area contributed by atoms with Gasteiger partial charge in [-0.05, 0) is 30.7 Å². The summed E-state index contributed by atoms with van der Waals surface area (Å²) in [5.41, 5.74) is -0.0268. The van der Waals surface area contributed by atoms with Gasteiger partial charge in [0.05, 0.1) is 0 Å². The molecule has 0 N–H and O–H groups in total. The number of halogens is 6. The van der Waals surface area contributed by atoms with Crippen LogP contribution in [-0.4, -0.2) is 43.6 Å². The SMILES string of the molecule is Cc1cc(OCC(=O)N2CCN(c3c(F)c(F)c(Cl)c(F)c3F)CC2)ccc1Cl. The monoisotopic (exact) mass is 450 g/mol. The van der Waals surface area contributed by atoms with Gasteiger partial charge < -0.3 is 14.5 Å². The van der Waals surface area contributed by atoms with Gasteiger partial charge in [-0.1, -0.05) is 23.2 Å². The van der Waals surface area contributed by atoms with E-state index in [2.05, 4.69) is 0 Å². The molecule has 0 aromatic heterocycles. The van der Waals surface area contributed by atoms with E-state index in [-0.39, 0.29) is 38.7 Å². The highest BCUT2D eigenvalue weighted by Gasteiger charge is 2.30. The molecular weight excluding hydrogens is 435 g/mol. The highest BCUT2D eigenvalue weighted by Crippen LogP contribution is 2.34. The maximum absolute atomic E-state index is 14.1. The van der Waals surface area contributed by atoms with E-state index in [9.17, 15) is 22.4 Å². The third-order valence-corrected chi connectivity index (χ3v) is 5.38. The summed E-state index contributed by atoms with van der Waals surface area (Å²) in [6, 6.07) is 4.99. The number of ether oxygens (including phenoxy) is 1. The molecule has 0 aliphatic carbocycles. The van der Waals surface area contributed by atoms with Gasteiger partial charge in [0.1, 0.15) is 16.5 Å². The summed E-state index contributed by atoms with van der Waals surface area (Å²) in [5.74, 6) is -6.26. The second-order valence-electron chi connectivity index (χ2n) is 6.49. The minimum absolute atomic E-state index is 0.0137. The number of anilines is 1. The lowest BCUT2D eigenvalue weighted by Gasteiger charge is -2.36. The van der Waals surface area contributed by atoms with Crippen molar-refractivity contribution in [2.45, 2.75) is 6.92 Å². The van der Waals surface area contributed by atoms with Crippen molar-refractivity contribution in [3.8, 4) is 5.75 Å². The predicted molar refractivity (Wildman–Crippen MR) is 102 cm³/mol. The Morgan fingerprint density at radius 3 is 2.14 bits per heavy atom. The predicted octanol–water partition coefficient (Wildman–Crippen LogP) is 4.59. The lowest BCUT2D eigenvalue weighted by Crippen LogP contribution is -2.50. The Morgan fingerprint density at radius 1 is 1.00 bits per heavy atom. The van der Waals surface area contributed by atoms with Crippen LogP contribution in [0.1, 0.15) is 5.56 Å². The Labute approximate surface area is 174 Å². The fourth-order valence-corrected chi connectivity index (χ4v) is 3.28. The topological polar surface area (TPSA) is 32.8 Å². The van der Waals surface area contributed by atoms with E-state index in [1.54, 1.807) is 25.1 Å². The summed E-state index contributed by atoms with van der Waals surface area (Å²) in [6.07, 6.45) is 0. The first kappa shape index (κ1) is 21.5. The molecule has 0 bridgehead atoms. The number of hydrogen-bond donors (Lipinski definition) is 0. The number of piperazine rings is 1. The van der Waals surface area contributed by atoms with Crippen LogP contribution in [0.2, 0.25) is 10.0 Å². The van der Waals surface area contributed by atoms with E-state index < -0.39 is 34.0 Å². The molecule has 0 spiro atoms. The summed E-state index contributed by atoms with van der Waals surface area (Å²) in [5, 5.41) is -0.651. The second kappa shape index (κ2) is 8.67. The molecule has 3 rings (SSSR count). The third-order valence-electron chi connectivity index (χ3n) is 4.63. The minimum atomic E-state index is -1.65. The molecule has 1 aliphatic heterocycles. The first-order chi connectivity index (χ1) is 13.7. The van der Waals surface area contributed by atoms with Crippen molar-refractivity contribution in [2.75, 3.05) is 37.7 Å². The zero-order valence-electron chi connectivity index (χ0n) is 15.2. The van der Waals surface area contributed by atoms with Crippen LogP contribution >= 0.6 is 23.2 Å². The van der Waals surface area contributed by atoms with Gasteiger partial charge in [0.15, 0.2) is 29.9 Å². The molecule has 0 saturated carbocycles. The van der Waals surface area contributed by atoms with E-state index in [0.717, 1.165) is 10.5 Å². The zero-order chi connectivity index (χ0) is 21.3. The number of amides is 1. The summed E-state index contributed by atoms with van der Waals surface area (Å²) in [7, 11) is 0. The van der Waals surface area contributed by atoms with Crippen molar-refractivity contribution >= 4 is 34.8 Å². The fraction of sp³-hybridized carbons (Fsp3) is 0.316. The van der Waals surface area contributed by atoms with Gasteiger partial charge in [0.25, 0.3) is 5.91 Å². The number of aryl methyl sites for hydroxylation is 1. The third kappa shape index (κ3) is 4.38. The molecule has 1 aliphatic rings. The van der Waals surface area contributed by atoms with Crippen LogP contribution in [-0.2, 0) is 4.79 Å². The van der Waals surface area contributed by atoms with Crippen molar-refractivity contribution in [1.29, 1.82) is 0 Å². The summed E-state index contributed by atoms with van der Waals surface area (Å²) < 4.78 is 61.0. The summed E-state index contributed by atoms with van der Waals surface area (Å²) in [6.45, 7) is 1.75. The summed E-state index contributed by atoms with van der Waals surface area (Å²) in [4.78, 5) is 14.9. The maximum Gasteiger partial charge on any atom is 0.260 e. The zero-order valence-corrected chi connectivity index (χ0v) is 16.8. The van der Waals surface area contributed by atoms with Gasteiger partial charge in [0.2, 0.25) is 0 Å². The van der Waals surface area contributed by atoms with E-state index in [4.69, 9.17) is 27.9 Å². The van der Waals surface area contributed by atoms with Crippen molar-refractivity contribution < 1.29 is 27.1 Å². The minimum Gasteiger partial charge on any atom is -0.484 e. The fourth-order valence-electron chi connectivity index (χ4n) is 2.99. The van der Waals surface area contributed by atoms with Gasteiger partial charge in [-0.3, -0.25) is 4.79 Å². The molecule has 1 amide bonds. The number of hydrogen-bond acceptors (Lipinski definition) is 3. The van der Waals surface area contributed by atoms with Gasteiger partial charge in [-0.25, -0.2) is 17.6 Å². The first-order valence-electron chi connectivity index (χ1n) is 8.63. The van der Waals surface area contributed by atoms with Crippen LogP contribution in [0.4, 0.5) is 23.2 Å². The molecule has 0 unspecified atom stereocenters. The Balaban J connectivity index is 1.62. The molecular formula is C19H16Cl2F4N2O2.